The lowest BCUT2D eigenvalue weighted by Gasteiger charge is -2.11. The predicted molar refractivity (Wildman–Crippen MR) is 113 cm³/mol. The number of hydrogen-bond donors (Lipinski definition) is 2. The number of anilines is 1. The Morgan fingerprint density at radius 2 is 1.69 bits per heavy atom. The van der Waals surface area contributed by atoms with E-state index in [-0.39, 0.29) is 17.4 Å². The Balaban J connectivity index is 1.87. The first-order chi connectivity index (χ1) is 13.8. The average molecular weight is 421 g/mol. The molecule has 1 amide bonds. The van der Waals surface area contributed by atoms with Crippen LogP contribution in [0.3, 0.4) is 0 Å². The van der Waals surface area contributed by atoms with Gasteiger partial charge in [0.2, 0.25) is 0 Å². The van der Waals surface area contributed by atoms with Crippen LogP contribution in [0.4, 0.5) is 5.69 Å². The van der Waals surface area contributed by atoms with Crippen LogP contribution in [-0.4, -0.2) is 40.7 Å². The molecule has 0 aliphatic heterocycles. The van der Waals surface area contributed by atoms with Gasteiger partial charge in [0.1, 0.15) is 5.75 Å². The molecule has 0 atom stereocenters. The first-order valence-corrected chi connectivity index (χ1v) is 11.0. The maximum absolute atomic E-state index is 12.6. The molecule has 0 aliphatic carbocycles. The highest BCUT2D eigenvalue weighted by atomic mass is 32.2. The summed E-state index contributed by atoms with van der Waals surface area (Å²) < 4.78 is 38.3. The van der Waals surface area contributed by atoms with Gasteiger partial charge in [-0.05, 0) is 74.7 Å². The van der Waals surface area contributed by atoms with Gasteiger partial charge in [0.05, 0.1) is 4.90 Å². The summed E-state index contributed by atoms with van der Waals surface area (Å²) in [7, 11) is -3.71. The highest BCUT2D eigenvalue weighted by molar-refractivity contribution is 7.92. The van der Waals surface area contributed by atoms with Crippen molar-refractivity contribution < 1.29 is 22.7 Å². The van der Waals surface area contributed by atoms with E-state index in [1.807, 2.05) is 26.8 Å². The molecule has 0 spiro atoms. The molecule has 7 nitrogen and oxygen atoms in total. The smallest absolute Gasteiger partial charge is 0.261 e. The second kappa shape index (κ2) is 10.8. The maximum atomic E-state index is 12.6. The van der Waals surface area contributed by atoms with E-state index in [0.717, 1.165) is 17.5 Å². The molecule has 29 heavy (non-hydrogen) atoms. The summed E-state index contributed by atoms with van der Waals surface area (Å²) in [6, 6.07) is 11.5. The van der Waals surface area contributed by atoms with Crippen molar-refractivity contribution in [1.82, 2.24) is 5.32 Å². The molecule has 0 saturated carbocycles. The third-order valence-electron chi connectivity index (χ3n) is 3.97. The van der Waals surface area contributed by atoms with E-state index in [4.69, 9.17) is 9.47 Å². The SMILES string of the molecule is CCOCCCNC(=O)COc1ccc(S(=O)(=O)Nc2cc(C)cc(C)c2)cc1. The molecule has 8 heteroatoms. The molecule has 2 aromatic carbocycles. The minimum absolute atomic E-state index is 0.115. The van der Waals surface area contributed by atoms with Crippen LogP contribution < -0.4 is 14.8 Å². The first-order valence-electron chi connectivity index (χ1n) is 9.48. The lowest BCUT2D eigenvalue weighted by Crippen LogP contribution is -2.30. The highest BCUT2D eigenvalue weighted by Gasteiger charge is 2.15. The summed E-state index contributed by atoms with van der Waals surface area (Å²) in [5, 5.41) is 2.73. The van der Waals surface area contributed by atoms with Gasteiger partial charge in [0.15, 0.2) is 6.61 Å². The third kappa shape index (κ3) is 7.75. The molecule has 0 saturated heterocycles. The number of amides is 1. The van der Waals surface area contributed by atoms with Gasteiger partial charge in [-0.2, -0.15) is 0 Å². The van der Waals surface area contributed by atoms with Crippen LogP contribution in [0.25, 0.3) is 0 Å². The summed E-state index contributed by atoms with van der Waals surface area (Å²) in [6.07, 6.45) is 0.736. The lowest BCUT2D eigenvalue weighted by atomic mass is 10.1. The topological polar surface area (TPSA) is 93.7 Å². The van der Waals surface area contributed by atoms with E-state index in [0.29, 0.717) is 31.2 Å². The molecule has 2 rings (SSSR count). The molecular formula is C21H28N2O5S. The molecule has 0 heterocycles. The van der Waals surface area contributed by atoms with E-state index in [1.165, 1.54) is 24.3 Å². The minimum atomic E-state index is -3.71. The summed E-state index contributed by atoms with van der Waals surface area (Å²) in [4.78, 5) is 11.9. The number of aryl methyl sites for hydroxylation is 2. The van der Waals surface area contributed by atoms with Crippen LogP contribution >= 0.6 is 0 Å². The number of ether oxygens (including phenoxy) is 2. The standard InChI is InChI=1S/C21H28N2O5S/c1-4-27-11-5-10-22-21(24)15-28-19-6-8-20(9-7-19)29(25,26)23-18-13-16(2)12-17(3)14-18/h6-9,12-14,23H,4-5,10-11,15H2,1-3H3,(H,22,24). The Bertz CT molecular complexity index is 891. The lowest BCUT2D eigenvalue weighted by molar-refractivity contribution is -0.123. The summed E-state index contributed by atoms with van der Waals surface area (Å²) in [5.74, 6) is 0.175. The minimum Gasteiger partial charge on any atom is -0.484 e. The largest absolute Gasteiger partial charge is 0.484 e. The van der Waals surface area contributed by atoms with Crippen molar-refractivity contribution in [1.29, 1.82) is 0 Å². The number of nitrogens with one attached hydrogen (secondary N) is 2. The molecule has 0 unspecified atom stereocenters. The van der Waals surface area contributed by atoms with Gasteiger partial charge in [-0.1, -0.05) is 6.07 Å². The second-order valence-corrected chi connectivity index (χ2v) is 8.32. The number of sulfonamides is 1. The normalized spacial score (nSPS) is 11.1. The summed E-state index contributed by atoms with van der Waals surface area (Å²) in [5.41, 5.74) is 2.47. The van der Waals surface area contributed by atoms with Gasteiger partial charge in [-0.15, -0.1) is 0 Å². The van der Waals surface area contributed by atoms with E-state index >= 15 is 0 Å². The third-order valence-corrected chi connectivity index (χ3v) is 5.37. The second-order valence-electron chi connectivity index (χ2n) is 6.64. The van der Waals surface area contributed by atoms with Crippen LogP contribution in [0.1, 0.15) is 24.5 Å². The average Bonchev–Trinajstić information content (AvgIpc) is 2.65. The number of hydrogen-bond acceptors (Lipinski definition) is 5. The zero-order valence-corrected chi connectivity index (χ0v) is 17.8. The summed E-state index contributed by atoms with van der Waals surface area (Å²) in [6.45, 7) is 7.37. The van der Waals surface area contributed by atoms with Gasteiger partial charge in [-0.25, -0.2) is 8.42 Å². The fraction of sp³-hybridized carbons (Fsp3) is 0.381. The van der Waals surface area contributed by atoms with Crippen LogP contribution in [0.5, 0.6) is 5.75 Å². The summed E-state index contributed by atoms with van der Waals surface area (Å²) >= 11 is 0. The van der Waals surface area contributed by atoms with Crippen LogP contribution in [0.2, 0.25) is 0 Å². The van der Waals surface area contributed by atoms with Gasteiger partial charge in [-0.3, -0.25) is 9.52 Å². The Labute approximate surface area is 172 Å². The number of carbonyl (C=O) groups excluding carboxylic acids is 1. The fourth-order valence-corrected chi connectivity index (χ4v) is 3.75. The van der Waals surface area contributed by atoms with Crippen molar-refractivity contribution in [2.45, 2.75) is 32.1 Å². The molecule has 0 bridgehead atoms. The molecule has 0 radical (unpaired) electrons. The predicted octanol–water partition coefficient (Wildman–Crippen LogP) is 3.03. The quantitative estimate of drug-likeness (QED) is 0.545. The van der Waals surface area contributed by atoms with Crippen molar-refractivity contribution in [3.8, 4) is 5.75 Å². The van der Waals surface area contributed by atoms with Crippen LogP contribution in [-0.2, 0) is 19.6 Å². The molecule has 0 aliphatic rings. The highest BCUT2D eigenvalue weighted by Crippen LogP contribution is 2.21. The van der Waals surface area contributed by atoms with Gasteiger partial charge < -0.3 is 14.8 Å². The Kier molecular flexibility index (Phi) is 8.48. The monoisotopic (exact) mass is 420 g/mol. The van der Waals surface area contributed by atoms with Crippen molar-refractivity contribution in [3.63, 3.8) is 0 Å². The van der Waals surface area contributed by atoms with Crippen molar-refractivity contribution in [2.24, 2.45) is 0 Å². The zero-order chi connectivity index (χ0) is 21.3. The Hall–Kier alpha value is -2.58. The first kappa shape index (κ1) is 22.7. The van der Waals surface area contributed by atoms with Crippen molar-refractivity contribution >= 4 is 21.6 Å². The molecule has 0 fully saturated rings. The molecule has 2 aromatic rings. The number of rotatable bonds is 11. The van der Waals surface area contributed by atoms with E-state index < -0.39 is 10.0 Å². The van der Waals surface area contributed by atoms with Gasteiger partial charge in [0.25, 0.3) is 15.9 Å². The van der Waals surface area contributed by atoms with E-state index in [9.17, 15) is 13.2 Å². The molecular weight excluding hydrogens is 392 g/mol. The Morgan fingerprint density at radius 3 is 2.31 bits per heavy atom. The van der Waals surface area contributed by atoms with Crippen molar-refractivity contribution in [2.75, 3.05) is 31.1 Å². The number of benzene rings is 2. The van der Waals surface area contributed by atoms with E-state index in [1.54, 1.807) is 12.1 Å². The molecule has 0 aromatic heterocycles. The Morgan fingerprint density at radius 1 is 1.03 bits per heavy atom. The maximum Gasteiger partial charge on any atom is 0.261 e. The molecule has 2 N–H and O–H groups in total. The zero-order valence-electron chi connectivity index (χ0n) is 17.0. The fourth-order valence-electron chi connectivity index (χ4n) is 2.71. The van der Waals surface area contributed by atoms with Crippen molar-refractivity contribution in [3.05, 3.63) is 53.6 Å². The van der Waals surface area contributed by atoms with Gasteiger partial charge in [0, 0.05) is 25.4 Å². The van der Waals surface area contributed by atoms with Gasteiger partial charge >= 0.3 is 0 Å². The van der Waals surface area contributed by atoms with Crippen LogP contribution in [0, 0.1) is 13.8 Å². The molecule has 158 valence electrons. The van der Waals surface area contributed by atoms with E-state index in [2.05, 4.69) is 10.0 Å². The number of carbonyl (C=O) groups is 1. The van der Waals surface area contributed by atoms with Crippen LogP contribution in [0.15, 0.2) is 47.4 Å².